The summed E-state index contributed by atoms with van der Waals surface area (Å²) in [7, 11) is 1.69. The van der Waals surface area contributed by atoms with E-state index in [1.165, 1.54) is 10.4 Å². The fourth-order valence-corrected chi connectivity index (χ4v) is 3.52. The van der Waals surface area contributed by atoms with Crippen molar-refractivity contribution in [3.05, 3.63) is 50.7 Å². The third kappa shape index (κ3) is 3.35. The number of benzene rings is 1. The molecule has 1 aromatic carbocycles. The third-order valence-corrected chi connectivity index (χ3v) is 4.99. The lowest BCUT2D eigenvalue weighted by Crippen LogP contribution is -2.22. The van der Waals surface area contributed by atoms with E-state index < -0.39 is 0 Å². The van der Waals surface area contributed by atoms with Crippen molar-refractivity contribution in [3.63, 3.8) is 0 Å². The van der Waals surface area contributed by atoms with Gasteiger partial charge < -0.3 is 10.1 Å². The van der Waals surface area contributed by atoms with E-state index in [9.17, 15) is 0 Å². The number of ether oxygens (including phenoxy) is 1. The summed E-state index contributed by atoms with van der Waals surface area (Å²) in [6, 6.07) is 8.28. The second kappa shape index (κ2) is 7.11. The predicted octanol–water partition coefficient (Wildman–Crippen LogP) is 4.81. The van der Waals surface area contributed by atoms with Crippen LogP contribution in [0.15, 0.2) is 29.6 Å². The molecule has 108 valence electrons. The van der Waals surface area contributed by atoms with Gasteiger partial charge in [-0.1, -0.05) is 30.7 Å². The Morgan fingerprint density at radius 1 is 1.40 bits per heavy atom. The Balaban J connectivity index is 2.38. The van der Waals surface area contributed by atoms with Gasteiger partial charge in [0.1, 0.15) is 5.75 Å². The van der Waals surface area contributed by atoms with Gasteiger partial charge in [0.05, 0.1) is 18.2 Å². The van der Waals surface area contributed by atoms with Gasteiger partial charge >= 0.3 is 0 Å². The fraction of sp³-hybridized carbons (Fsp3) is 0.375. The molecule has 0 saturated carbocycles. The molecule has 0 fully saturated rings. The summed E-state index contributed by atoms with van der Waals surface area (Å²) in [5.41, 5.74) is 2.32. The predicted molar refractivity (Wildman–Crippen MR) is 87.2 cm³/mol. The SMILES string of the molecule is CCCNC(c1cccc(OC)c1)c1scc(C)c1Cl. The lowest BCUT2D eigenvalue weighted by Gasteiger charge is -2.19. The van der Waals surface area contributed by atoms with E-state index in [0.717, 1.165) is 29.3 Å². The Bertz CT molecular complexity index is 567. The van der Waals surface area contributed by atoms with Crippen LogP contribution in [0.4, 0.5) is 0 Å². The molecule has 0 amide bonds. The summed E-state index contributed by atoms with van der Waals surface area (Å²) in [6.45, 7) is 5.16. The maximum absolute atomic E-state index is 6.45. The highest BCUT2D eigenvalue weighted by atomic mass is 35.5. The maximum atomic E-state index is 6.45. The molecule has 0 saturated heterocycles. The molecule has 0 radical (unpaired) electrons. The third-order valence-electron chi connectivity index (χ3n) is 3.21. The maximum Gasteiger partial charge on any atom is 0.119 e. The van der Waals surface area contributed by atoms with Crippen molar-refractivity contribution >= 4 is 22.9 Å². The van der Waals surface area contributed by atoms with Crippen molar-refractivity contribution in [2.45, 2.75) is 26.3 Å². The van der Waals surface area contributed by atoms with Gasteiger partial charge in [0.2, 0.25) is 0 Å². The lowest BCUT2D eigenvalue weighted by atomic mass is 10.0. The summed E-state index contributed by atoms with van der Waals surface area (Å²) >= 11 is 8.15. The second-order valence-corrected chi connectivity index (χ2v) is 6.05. The summed E-state index contributed by atoms with van der Waals surface area (Å²) in [5.74, 6) is 0.871. The Morgan fingerprint density at radius 3 is 2.80 bits per heavy atom. The normalized spacial score (nSPS) is 12.4. The van der Waals surface area contributed by atoms with Crippen molar-refractivity contribution in [1.29, 1.82) is 0 Å². The van der Waals surface area contributed by atoms with E-state index in [0.29, 0.717) is 0 Å². The van der Waals surface area contributed by atoms with E-state index >= 15 is 0 Å². The first-order valence-electron chi connectivity index (χ1n) is 6.78. The van der Waals surface area contributed by atoms with Crippen LogP contribution in [0.2, 0.25) is 5.02 Å². The molecular formula is C16H20ClNOS. The molecule has 1 heterocycles. The zero-order valence-corrected chi connectivity index (χ0v) is 13.6. The molecule has 0 aliphatic rings. The molecule has 0 aliphatic carbocycles. The van der Waals surface area contributed by atoms with Gasteiger partial charge in [0.15, 0.2) is 0 Å². The molecule has 1 aromatic heterocycles. The molecule has 4 heteroatoms. The highest BCUT2D eigenvalue weighted by Crippen LogP contribution is 2.36. The summed E-state index contributed by atoms with van der Waals surface area (Å²) in [5, 5.41) is 6.55. The van der Waals surface area contributed by atoms with Crippen LogP contribution in [0.1, 0.15) is 35.4 Å². The molecule has 0 bridgehead atoms. The standard InChI is InChI=1S/C16H20ClNOS/c1-4-8-18-15(16-14(17)11(2)10-20-16)12-6-5-7-13(9-12)19-3/h5-7,9-10,15,18H,4,8H2,1-3H3. The van der Waals surface area contributed by atoms with Gasteiger partial charge in [0.25, 0.3) is 0 Å². The number of aryl methyl sites for hydroxylation is 1. The average Bonchev–Trinajstić information content (AvgIpc) is 2.80. The lowest BCUT2D eigenvalue weighted by molar-refractivity contribution is 0.413. The quantitative estimate of drug-likeness (QED) is 0.827. The Hall–Kier alpha value is -1.03. The number of rotatable bonds is 6. The van der Waals surface area contributed by atoms with Crippen LogP contribution in [0, 0.1) is 6.92 Å². The van der Waals surface area contributed by atoms with Crippen molar-refractivity contribution < 1.29 is 4.74 Å². The molecule has 0 spiro atoms. The highest BCUT2D eigenvalue weighted by molar-refractivity contribution is 7.10. The van der Waals surface area contributed by atoms with E-state index in [2.05, 4.69) is 29.8 Å². The number of thiophene rings is 1. The molecule has 20 heavy (non-hydrogen) atoms. The average molecular weight is 310 g/mol. The summed E-state index contributed by atoms with van der Waals surface area (Å²) in [4.78, 5) is 1.17. The first kappa shape index (κ1) is 15.4. The zero-order chi connectivity index (χ0) is 14.5. The van der Waals surface area contributed by atoms with Crippen molar-refractivity contribution in [1.82, 2.24) is 5.32 Å². The minimum absolute atomic E-state index is 0.122. The molecule has 2 aromatic rings. The summed E-state index contributed by atoms with van der Waals surface area (Å²) in [6.07, 6.45) is 1.09. The van der Waals surface area contributed by atoms with Gasteiger partial charge in [-0.3, -0.25) is 0 Å². The van der Waals surface area contributed by atoms with Crippen molar-refractivity contribution in [2.24, 2.45) is 0 Å². The highest BCUT2D eigenvalue weighted by Gasteiger charge is 2.19. The Kier molecular flexibility index (Phi) is 5.46. The Morgan fingerprint density at radius 2 is 2.20 bits per heavy atom. The van der Waals surface area contributed by atoms with Crippen LogP contribution in [-0.2, 0) is 0 Å². The molecule has 2 nitrogen and oxygen atoms in total. The van der Waals surface area contributed by atoms with Crippen LogP contribution < -0.4 is 10.1 Å². The van der Waals surface area contributed by atoms with Crippen LogP contribution in [0.5, 0.6) is 5.75 Å². The van der Waals surface area contributed by atoms with Gasteiger partial charge in [-0.25, -0.2) is 0 Å². The molecule has 1 atom stereocenters. The smallest absolute Gasteiger partial charge is 0.119 e. The number of halogens is 1. The van der Waals surface area contributed by atoms with Crippen LogP contribution in [0.3, 0.4) is 0 Å². The van der Waals surface area contributed by atoms with Crippen LogP contribution >= 0.6 is 22.9 Å². The van der Waals surface area contributed by atoms with E-state index in [1.807, 2.05) is 19.1 Å². The molecule has 0 aliphatic heterocycles. The number of nitrogens with one attached hydrogen (secondary N) is 1. The fourth-order valence-electron chi connectivity index (χ4n) is 2.12. The minimum atomic E-state index is 0.122. The largest absolute Gasteiger partial charge is 0.497 e. The number of hydrogen-bond donors (Lipinski definition) is 1. The van der Waals surface area contributed by atoms with E-state index in [1.54, 1.807) is 18.4 Å². The minimum Gasteiger partial charge on any atom is -0.497 e. The monoisotopic (exact) mass is 309 g/mol. The second-order valence-electron chi connectivity index (χ2n) is 4.76. The summed E-state index contributed by atoms with van der Waals surface area (Å²) < 4.78 is 5.32. The first-order chi connectivity index (χ1) is 9.67. The number of hydrogen-bond acceptors (Lipinski definition) is 3. The molecular weight excluding hydrogens is 290 g/mol. The van der Waals surface area contributed by atoms with Gasteiger partial charge in [-0.05, 0) is 48.5 Å². The van der Waals surface area contributed by atoms with Crippen LogP contribution in [0.25, 0.3) is 0 Å². The molecule has 2 rings (SSSR count). The molecule has 1 unspecified atom stereocenters. The van der Waals surface area contributed by atoms with Gasteiger partial charge in [-0.2, -0.15) is 0 Å². The zero-order valence-electron chi connectivity index (χ0n) is 12.1. The van der Waals surface area contributed by atoms with Crippen molar-refractivity contribution in [2.75, 3.05) is 13.7 Å². The Labute approximate surface area is 129 Å². The topological polar surface area (TPSA) is 21.3 Å². The number of methoxy groups -OCH3 is 1. The van der Waals surface area contributed by atoms with Gasteiger partial charge in [0, 0.05) is 4.88 Å². The first-order valence-corrected chi connectivity index (χ1v) is 8.04. The van der Waals surface area contributed by atoms with Crippen LogP contribution in [-0.4, -0.2) is 13.7 Å². The van der Waals surface area contributed by atoms with Gasteiger partial charge in [-0.15, -0.1) is 11.3 Å². The van der Waals surface area contributed by atoms with Crippen molar-refractivity contribution in [3.8, 4) is 5.75 Å². The molecule has 1 N–H and O–H groups in total. The van der Waals surface area contributed by atoms with E-state index in [-0.39, 0.29) is 6.04 Å². The van der Waals surface area contributed by atoms with E-state index in [4.69, 9.17) is 16.3 Å².